The van der Waals surface area contributed by atoms with E-state index < -0.39 is 0 Å². The van der Waals surface area contributed by atoms with Crippen molar-refractivity contribution in [3.63, 3.8) is 0 Å². The van der Waals surface area contributed by atoms with Crippen LogP contribution in [0.1, 0.15) is 44.9 Å². The van der Waals surface area contributed by atoms with Crippen LogP contribution in [0, 0.1) is 17.3 Å². The number of halogens is 2. The van der Waals surface area contributed by atoms with Crippen LogP contribution in [0.5, 0.6) is 0 Å². The van der Waals surface area contributed by atoms with Crippen LogP contribution in [0.3, 0.4) is 0 Å². The molecule has 0 saturated heterocycles. The van der Waals surface area contributed by atoms with E-state index in [-0.39, 0.29) is 29.1 Å². The second-order valence-electron chi connectivity index (χ2n) is 8.98. The summed E-state index contributed by atoms with van der Waals surface area (Å²) >= 11 is 5.92. The first-order chi connectivity index (χ1) is 14.0. The molecule has 2 unspecified atom stereocenters. The molecule has 5 heteroatoms. The average Bonchev–Trinajstić information content (AvgIpc) is 3.43. The van der Waals surface area contributed by atoms with Gasteiger partial charge in [0.1, 0.15) is 5.83 Å². The van der Waals surface area contributed by atoms with Gasteiger partial charge >= 0.3 is 0 Å². The van der Waals surface area contributed by atoms with Crippen LogP contribution in [-0.2, 0) is 4.79 Å². The van der Waals surface area contributed by atoms with Gasteiger partial charge in [-0.3, -0.25) is 4.79 Å². The van der Waals surface area contributed by atoms with E-state index in [0.717, 1.165) is 49.8 Å². The zero-order valence-corrected chi connectivity index (χ0v) is 17.1. The molecule has 5 rings (SSSR count). The van der Waals surface area contributed by atoms with E-state index in [1.165, 1.54) is 5.57 Å². The number of amides is 1. The summed E-state index contributed by atoms with van der Waals surface area (Å²) in [6, 6.07) is 7.53. The monoisotopic (exact) mass is 412 g/mol. The van der Waals surface area contributed by atoms with Crippen molar-refractivity contribution in [1.29, 1.82) is 0 Å². The SMILES string of the molecule is O=C(Nc1ccc(Cl)cc1)C1CC12CCC(C1=C3C=C(F)CCC3NC=C1)CC2. The van der Waals surface area contributed by atoms with Crippen molar-refractivity contribution < 1.29 is 9.18 Å². The Labute approximate surface area is 176 Å². The largest absolute Gasteiger partial charge is 0.384 e. The molecule has 2 N–H and O–H groups in total. The number of nitrogens with one attached hydrogen (secondary N) is 2. The standard InChI is InChI=1S/C24H26ClFN2O/c25-16-1-4-18(5-2-16)28-23(29)21-14-24(21)10-7-15(8-11-24)19-9-12-27-22-6-3-17(26)13-20(19)22/h1-2,4-5,9,12-13,15,21-22,27H,3,6-8,10-11,14H2,(H,28,29). The molecular formula is C24H26ClFN2O. The van der Waals surface area contributed by atoms with Crippen LogP contribution < -0.4 is 10.6 Å². The van der Waals surface area contributed by atoms with Crippen molar-refractivity contribution >= 4 is 23.2 Å². The second kappa shape index (κ2) is 7.32. The molecule has 0 radical (unpaired) electrons. The number of carbonyl (C=O) groups is 1. The van der Waals surface area contributed by atoms with E-state index in [1.807, 2.05) is 18.3 Å². The van der Waals surface area contributed by atoms with Gasteiger partial charge in [0.2, 0.25) is 5.91 Å². The lowest BCUT2D eigenvalue weighted by Gasteiger charge is -2.35. The number of allylic oxidation sites excluding steroid dienone is 3. The summed E-state index contributed by atoms with van der Waals surface area (Å²) in [6.07, 6.45) is 12.6. The fourth-order valence-corrected chi connectivity index (χ4v) is 5.62. The van der Waals surface area contributed by atoms with E-state index in [2.05, 4.69) is 16.7 Å². The van der Waals surface area contributed by atoms with Crippen molar-refractivity contribution in [3.8, 4) is 0 Å². The normalized spacial score (nSPS) is 33.0. The lowest BCUT2D eigenvalue weighted by Crippen LogP contribution is -2.33. The Balaban J connectivity index is 1.23. The van der Waals surface area contributed by atoms with Gasteiger partial charge in [-0.15, -0.1) is 0 Å². The van der Waals surface area contributed by atoms with E-state index in [1.54, 1.807) is 18.2 Å². The zero-order chi connectivity index (χ0) is 20.0. The summed E-state index contributed by atoms with van der Waals surface area (Å²) < 4.78 is 13.9. The predicted molar refractivity (Wildman–Crippen MR) is 114 cm³/mol. The predicted octanol–water partition coefficient (Wildman–Crippen LogP) is 5.90. The lowest BCUT2D eigenvalue weighted by atomic mass is 9.72. The molecule has 29 heavy (non-hydrogen) atoms. The number of rotatable bonds is 3. The molecule has 0 bridgehead atoms. The molecule has 1 aromatic rings. The molecule has 1 heterocycles. The molecule has 3 nitrogen and oxygen atoms in total. The third kappa shape index (κ3) is 3.63. The van der Waals surface area contributed by atoms with E-state index in [4.69, 9.17) is 11.6 Å². The Bertz CT molecular complexity index is 909. The molecule has 1 spiro atoms. The second-order valence-corrected chi connectivity index (χ2v) is 9.42. The van der Waals surface area contributed by atoms with Gasteiger partial charge in [-0.25, -0.2) is 4.39 Å². The maximum absolute atomic E-state index is 13.9. The molecule has 2 saturated carbocycles. The Hall–Kier alpha value is -2.07. The number of fused-ring (bicyclic) bond motifs is 1. The highest BCUT2D eigenvalue weighted by molar-refractivity contribution is 6.30. The summed E-state index contributed by atoms with van der Waals surface area (Å²) in [5.74, 6) is 0.713. The topological polar surface area (TPSA) is 41.1 Å². The average molecular weight is 413 g/mol. The molecule has 1 aromatic carbocycles. The quantitative estimate of drug-likeness (QED) is 0.648. The zero-order valence-electron chi connectivity index (χ0n) is 16.4. The van der Waals surface area contributed by atoms with Crippen LogP contribution in [0.2, 0.25) is 5.02 Å². The Kier molecular flexibility index (Phi) is 4.78. The van der Waals surface area contributed by atoms with Crippen molar-refractivity contribution in [1.82, 2.24) is 5.32 Å². The number of hydrogen-bond acceptors (Lipinski definition) is 2. The molecule has 1 aliphatic heterocycles. The fourth-order valence-electron chi connectivity index (χ4n) is 5.50. The molecule has 1 amide bonds. The first kappa shape index (κ1) is 18.9. The Morgan fingerprint density at radius 3 is 2.66 bits per heavy atom. The molecular weight excluding hydrogens is 387 g/mol. The third-order valence-electron chi connectivity index (χ3n) is 7.29. The van der Waals surface area contributed by atoms with Crippen LogP contribution >= 0.6 is 11.6 Å². The first-order valence-electron chi connectivity index (χ1n) is 10.6. The highest BCUT2D eigenvalue weighted by Gasteiger charge is 2.58. The number of carbonyl (C=O) groups excluding carboxylic acids is 1. The highest BCUT2D eigenvalue weighted by Crippen LogP contribution is 2.63. The van der Waals surface area contributed by atoms with E-state index in [9.17, 15) is 9.18 Å². The van der Waals surface area contributed by atoms with Gasteiger partial charge < -0.3 is 10.6 Å². The smallest absolute Gasteiger partial charge is 0.228 e. The maximum atomic E-state index is 13.9. The Morgan fingerprint density at radius 2 is 1.90 bits per heavy atom. The van der Waals surface area contributed by atoms with Gasteiger partial charge in [0.05, 0.1) is 6.04 Å². The highest BCUT2D eigenvalue weighted by atomic mass is 35.5. The Morgan fingerprint density at radius 1 is 1.14 bits per heavy atom. The van der Waals surface area contributed by atoms with Gasteiger partial charge in [0.15, 0.2) is 0 Å². The minimum Gasteiger partial charge on any atom is -0.384 e. The molecule has 2 atom stereocenters. The minimum absolute atomic E-state index is 0.000688. The molecule has 2 fully saturated rings. The van der Waals surface area contributed by atoms with E-state index >= 15 is 0 Å². The summed E-state index contributed by atoms with van der Waals surface area (Å²) in [7, 11) is 0. The van der Waals surface area contributed by atoms with E-state index in [0.29, 0.717) is 17.4 Å². The number of benzene rings is 1. The molecule has 152 valence electrons. The van der Waals surface area contributed by atoms with Gasteiger partial charge in [-0.2, -0.15) is 0 Å². The van der Waals surface area contributed by atoms with Crippen LogP contribution in [0.25, 0.3) is 0 Å². The summed E-state index contributed by atoms with van der Waals surface area (Å²) in [4.78, 5) is 12.7. The summed E-state index contributed by atoms with van der Waals surface area (Å²) in [6.45, 7) is 0. The number of hydrogen-bond donors (Lipinski definition) is 2. The van der Waals surface area contributed by atoms with Crippen LogP contribution in [0.4, 0.5) is 10.1 Å². The molecule has 4 aliphatic rings. The van der Waals surface area contributed by atoms with Gasteiger partial charge in [-0.1, -0.05) is 11.6 Å². The lowest BCUT2D eigenvalue weighted by molar-refractivity contribution is -0.118. The summed E-state index contributed by atoms with van der Waals surface area (Å²) in [5, 5.41) is 7.09. The van der Waals surface area contributed by atoms with Crippen molar-refractivity contribution in [2.24, 2.45) is 17.3 Å². The summed E-state index contributed by atoms with van der Waals surface area (Å²) in [5.41, 5.74) is 3.42. The van der Waals surface area contributed by atoms with Crippen molar-refractivity contribution in [3.05, 3.63) is 64.6 Å². The third-order valence-corrected chi connectivity index (χ3v) is 7.54. The van der Waals surface area contributed by atoms with Gasteiger partial charge in [0.25, 0.3) is 0 Å². The van der Waals surface area contributed by atoms with Crippen molar-refractivity contribution in [2.45, 2.75) is 51.0 Å². The van der Waals surface area contributed by atoms with Crippen LogP contribution in [-0.4, -0.2) is 11.9 Å². The van der Waals surface area contributed by atoms with Crippen LogP contribution in [0.15, 0.2) is 59.6 Å². The first-order valence-corrected chi connectivity index (χ1v) is 11.0. The minimum atomic E-state index is -0.000688. The number of anilines is 1. The maximum Gasteiger partial charge on any atom is 0.228 e. The fraction of sp³-hybridized carbons (Fsp3) is 0.458. The van der Waals surface area contributed by atoms with Gasteiger partial charge in [-0.05, 0) is 104 Å². The van der Waals surface area contributed by atoms with Gasteiger partial charge in [0, 0.05) is 23.0 Å². The van der Waals surface area contributed by atoms with Crippen molar-refractivity contribution in [2.75, 3.05) is 5.32 Å². The molecule has 3 aliphatic carbocycles. The molecule has 0 aromatic heterocycles. The number of dihydropyridines is 1.